The molecule has 0 aromatic rings. The second kappa shape index (κ2) is 4.84. The Hall–Kier alpha value is -0.770. The molecule has 1 N–H and O–H groups in total. The van der Waals surface area contributed by atoms with E-state index in [4.69, 9.17) is 0 Å². The zero-order chi connectivity index (χ0) is 10.7. The fraction of sp³-hybridized carbons (Fsp3) is 0.909. The van der Waals surface area contributed by atoms with Crippen molar-refractivity contribution in [1.82, 2.24) is 15.1 Å². The average molecular weight is 211 g/mol. The third-order valence-electron chi connectivity index (χ3n) is 3.36. The Balaban J connectivity index is 1.78. The number of likely N-dealkylation sites (N-methyl/N-ethyl adjacent to an activating group) is 1. The highest BCUT2D eigenvalue weighted by atomic mass is 16.2. The fourth-order valence-electron chi connectivity index (χ4n) is 2.47. The molecule has 2 amide bonds. The second-order valence-electron chi connectivity index (χ2n) is 4.65. The van der Waals surface area contributed by atoms with Crippen LogP contribution in [-0.4, -0.2) is 55.1 Å². The standard InChI is InChI=1S/C11H21N3O/c1-13(9-10-5-4-6-12-10)11(15)14-7-2-3-8-14/h10,12H,2-9H2,1H3. The third kappa shape index (κ3) is 2.62. The lowest BCUT2D eigenvalue weighted by molar-refractivity contribution is 0.169. The molecule has 0 aromatic heterocycles. The number of amides is 2. The predicted octanol–water partition coefficient (Wildman–Crippen LogP) is 0.886. The maximum atomic E-state index is 12.0. The van der Waals surface area contributed by atoms with Gasteiger partial charge in [0.1, 0.15) is 0 Å². The summed E-state index contributed by atoms with van der Waals surface area (Å²) in [4.78, 5) is 15.8. The first-order valence-corrected chi connectivity index (χ1v) is 6.01. The molecule has 0 spiro atoms. The number of hydrogen-bond acceptors (Lipinski definition) is 2. The van der Waals surface area contributed by atoms with Crippen molar-refractivity contribution in [1.29, 1.82) is 0 Å². The largest absolute Gasteiger partial charge is 0.326 e. The summed E-state index contributed by atoms with van der Waals surface area (Å²) in [6, 6.07) is 0.725. The van der Waals surface area contributed by atoms with E-state index in [1.165, 1.54) is 25.7 Å². The van der Waals surface area contributed by atoms with Gasteiger partial charge in [-0.3, -0.25) is 0 Å². The molecule has 4 heteroatoms. The number of nitrogens with one attached hydrogen (secondary N) is 1. The normalized spacial score (nSPS) is 25.9. The first-order chi connectivity index (χ1) is 7.27. The lowest BCUT2D eigenvalue weighted by Gasteiger charge is -2.26. The highest BCUT2D eigenvalue weighted by Crippen LogP contribution is 2.11. The molecule has 0 radical (unpaired) electrons. The molecule has 0 aliphatic carbocycles. The smallest absolute Gasteiger partial charge is 0.319 e. The number of carbonyl (C=O) groups excluding carboxylic acids is 1. The third-order valence-corrected chi connectivity index (χ3v) is 3.36. The van der Waals surface area contributed by atoms with Crippen molar-refractivity contribution >= 4 is 6.03 Å². The van der Waals surface area contributed by atoms with Gasteiger partial charge >= 0.3 is 6.03 Å². The van der Waals surface area contributed by atoms with Gasteiger partial charge in [-0.15, -0.1) is 0 Å². The predicted molar refractivity (Wildman–Crippen MR) is 59.9 cm³/mol. The summed E-state index contributed by atoms with van der Waals surface area (Å²) in [5, 5.41) is 3.42. The van der Waals surface area contributed by atoms with E-state index in [9.17, 15) is 4.79 Å². The molecule has 2 rings (SSSR count). The molecule has 1 unspecified atom stereocenters. The van der Waals surface area contributed by atoms with Crippen molar-refractivity contribution in [3.63, 3.8) is 0 Å². The van der Waals surface area contributed by atoms with Gasteiger partial charge < -0.3 is 15.1 Å². The van der Waals surface area contributed by atoms with Crippen molar-refractivity contribution in [3.05, 3.63) is 0 Å². The van der Waals surface area contributed by atoms with E-state index in [2.05, 4.69) is 5.32 Å². The summed E-state index contributed by atoms with van der Waals surface area (Å²) >= 11 is 0. The molecule has 2 fully saturated rings. The number of nitrogens with zero attached hydrogens (tertiary/aromatic N) is 2. The van der Waals surface area contributed by atoms with Gasteiger partial charge in [0.25, 0.3) is 0 Å². The van der Waals surface area contributed by atoms with Crippen LogP contribution in [0.5, 0.6) is 0 Å². The van der Waals surface area contributed by atoms with E-state index in [0.717, 1.165) is 26.2 Å². The fourth-order valence-corrected chi connectivity index (χ4v) is 2.47. The molecule has 0 saturated carbocycles. The van der Waals surface area contributed by atoms with Gasteiger partial charge in [0, 0.05) is 32.7 Å². The average Bonchev–Trinajstić information content (AvgIpc) is 2.88. The Bertz CT molecular complexity index is 220. The monoisotopic (exact) mass is 211 g/mol. The summed E-state index contributed by atoms with van der Waals surface area (Å²) in [6.07, 6.45) is 4.79. The van der Waals surface area contributed by atoms with Crippen molar-refractivity contribution < 1.29 is 4.79 Å². The minimum atomic E-state index is 0.209. The number of hydrogen-bond donors (Lipinski definition) is 1. The van der Waals surface area contributed by atoms with Crippen LogP contribution in [0.3, 0.4) is 0 Å². The Kier molecular flexibility index (Phi) is 3.46. The van der Waals surface area contributed by atoms with Crippen LogP contribution in [0.4, 0.5) is 4.79 Å². The van der Waals surface area contributed by atoms with Crippen molar-refractivity contribution in [3.8, 4) is 0 Å². The van der Waals surface area contributed by atoms with E-state index in [-0.39, 0.29) is 6.03 Å². The zero-order valence-corrected chi connectivity index (χ0v) is 9.54. The van der Waals surface area contributed by atoms with Gasteiger partial charge in [0.2, 0.25) is 0 Å². The number of urea groups is 1. The summed E-state index contributed by atoms with van der Waals surface area (Å²) in [6.45, 7) is 3.86. The van der Waals surface area contributed by atoms with Gasteiger partial charge in [-0.2, -0.15) is 0 Å². The summed E-state index contributed by atoms with van der Waals surface area (Å²) in [5.74, 6) is 0. The highest BCUT2D eigenvalue weighted by Gasteiger charge is 2.24. The van der Waals surface area contributed by atoms with Gasteiger partial charge in [-0.25, -0.2) is 4.79 Å². The Morgan fingerprint density at radius 2 is 2.13 bits per heavy atom. The lowest BCUT2D eigenvalue weighted by atomic mass is 10.2. The van der Waals surface area contributed by atoms with E-state index in [0.29, 0.717) is 6.04 Å². The lowest BCUT2D eigenvalue weighted by Crippen LogP contribution is -2.44. The van der Waals surface area contributed by atoms with E-state index >= 15 is 0 Å². The number of carbonyl (C=O) groups is 1. The molecular weight excluding hydrogens is 190 g/mol. The van der Waals surface area contributed by atoms with Crippen molar-refractivity contribution in [2.24, 2.45) is 0 Å². The van der Waals surface area contributed by atoms with Gasteiger partial charge in [0.15, 0.2) is 0 Å². The first kappa shape index (κ1) is 10.7. The Morgan fingerprint density at radius 1 is 1.40 bits per heavy atom. The summed E-state index contributed by atoms with van der Waals surface area (Å²) in [5.41, 5.74) is 0. The number of rotatable bonds is 2. The summed E-state index contributed by atoms with van der Waals surface area (Å²) < 4.78 is 0. The van der Waals surface area contributed by atoms with E-state index in [1.54, 1.807) is 0 Å². The maximum Gasteiger partial charge on any atom is 0.319 e. The molecule has 4 nitrogen and oxygen atoms in total. The van der Waals surface area contributed by atoms with Crippen LogP contribution in [0.2, 0.25) is 0 Å². The summed E-state index contributed by atoms with van der Waals surface area (Å²) in [7, 11) is 1.92. The Labute approximate surface area is 91.6 Å². The molecule has 2 aliphatic heterocycles. The Morgan fingerprint density at radius 3 is 2.73 bits per heavy atom. The van der Waals surface area contributed by atoms with Gasteiger partial charge in [-0.05, 0) is 32.2 Å². The minimum absolute atomic E-state index is 0.209. The molecule has 1 atom stereocenters. The van der Waals surface area contributed by atoms with E-state index in [1.807, 2.05) is 16.8 Å². The topological polar surface area (TPSA) is 35.6 Å². The quantitative estimate of drug-likeness (QED) is 0.736. The van der Waals surface area contributed by atoms with Crippen LogP contribution < -0.4 is 5.32 Å². The van der Waals surface area contributed by atoms with Gasteiger partial charge in [0.05, 0.1) is 0 Å². The molecule has 2 heterocycles. The van der Waals surface area contributed by atoms with Crippen molar-refractivity contribution in [2.45, 2.75) is 31.7 Å². The number of likely N-dealkylation sites (tertiary alicyclic amines) is 1. The van der Waals surface area contributed by atoms with Crippen LogP contribution >= 0.6 is 0 Å². The molecule has 0 aromatic carbocycles. The highest BCUT2D eigenvalue weighted by molar-refractivity contribution is 5.74. The maximum absolute atomic E-state index is 12.0. The molecular formula is C11H21N3O. The minimum Gasteiger partial charge on any atom is -0.326 e. The van der Waals surface area contributed by atoms with Crippen LogP contribution in [-0.2, 0) is 0 Å². The zero-order valence-electron chi connectivity index (χ0n) is 9.54. The van der Waals surface area contributed by atoms with Crippen LogP contribution in [0.1, 0.15) is 25.7 Å². The molecule has 2 aliphatic rings. The molecule has 15 heavy (non-hydrogen) atoms. The first-order valence-electron chi connectivity index (χ1n) is 6.01. The molecule has 0 bridgehead atoms. The second-order valence-corrected chi connectivity index (χ2v) is 4.65. The van der Waals surface area contributed by atoms with Crippen molar-refractivity contribution in [2.75, 3.05) is 33.2 Å². The molecule has 2 saturated heterocycles. The van der Waals surface area contributed by atoms with Crippen LogP contribution in [0.15, 0.2) is 0 Å². The van der Waals surface area contributed by atoms with Crippen LogP contribution in [0.25, 0.3) is 0 Å². The van der Waals surface area contributed by atoms with Crippen LogP contribution in [0, 0.1) is 0 Å². The van der Waals surface area contributed by atoms with E-state index < -0.39 is 0 Å². The molecule has 86 valence electrons. The van der Waals surface area contributed by atoms with Gasteiger partial charge in [-0.1, -0.05) is 0 Å². The SMILES string of the molecule is CN(CC1CCCN1)C(=O)N1CCCC1.